The van der Waals surface area contributed by atoms with Crippen LogP contribution in [0.25, 0.3) is 0 Å². The zero-order valence-electron chi connectivity index (χ0n) is 7.60. The second kappa shape index (κ2) is 4.20. The molecular weight excluding hydrogens is 279 g/mol. The highest BCUT2D eigenvalue weighted by Gasteiger charge is 2.43. The Balaban J connectivity index is 3.01. The third-order valence-electron chi connectivity index (χ3n) is 1.68. The molecule has 0 saturated heterocycles. The van der Waals surface area contributed by atoms with E-state index in [0.717, 1.165) is 16.2 Å². The van der Waals surface area contributed by atoms with Crippen LogP contribution < -0.4 is 0 Å². The van der Waals surface area contributed by atoms with Crippen LogP contribution in [0.1, 0.15) is 10.9 Å². The first-order valence-corrected chi connectivity index (χ1v) is 5.46. The Kier molecular flexibility index (Phi) is 3.60. The van der Waals surface area contributed by atoms with Gasteiger partial charge in [0.25, 0.3) is 0 Å². The summed E-state index contributed by atoms with van der Waals surface area (Å²) in [4.78, 5) is 1.47. The lowest BCUT2D eigenvalue weighted by Crippen LogP contribution is -2.32. The summed E-state index contributed by atoms with van der Waals surface area (Å²) < 4.78 is 38.5. The van der Waals surface area contributed by atoms with E-state index in [4.69, 9.17) is 0 Å². The molecule has 0 N–H and O–H groups in total. The van der Waals surface area contributed by atoms with Gasteiger partial charge in [0.05, 0.1) is 0 Å². The fourth-order valence-corrected chi connectivity index (χ4v) is 2.84. The lowest BCUT2D eigenvalue weighted by Gasteiger charge is -2.25. The molecule has 1 atom stereocenters. The van der Waals surface area contributed by atoms with E-state index < -0.39 is 12.2 Å². The number of rotatable bonds is 2. The van der Waals surface area contributed by atoms with Crippen molar-refractivity contribution in [3.63, 3.8) is 0 Å². The summed E-state index contributed by atoms with van der Waals surface area (Å²) in [5, 5.41) is 1.65. The Morgan fingerprint density at radius 3 is 2.29 bits per heavy atom. The number of alkyl halides is 3. The average molecular weight is 288 g/mol. The third-order valence-corrected chi connectivity index (χ3v) is 3.43. The normalized spacial score (nSPS) is 14.8. The summed E-state index contributed by atoms with van der Waals surface area (Å²) in [6.45, 7) is 0. The zero-order chi connectivity index (χ0) is 10.9. The molecule has 1 aromatic rings. The van der Waals surface area contributed by atoms with Crippen molar-refractivity contribution < 1.29 is 13.2 Å². The van der Waals surface area contributed by atoms with Gasteiger partial charge in [-0.25, -0.2) is 0 Å². The van der Waals surface area contributed by atoms with Crippen LogP contribution in [0, 0.1) is 0 Å². The van der Waals surface area contributed by atoms with Crippen LogP contribution in [0.4, 0.5) is 13.2 Å². The highest BCUT2D eigenvalue weighted by molar-refractivity contribution is 9.10. The molecule has 0 spiro atoms. The molecule has 0 aliphatic heterocycles. The lowest BCUT2D eigenvalue weighted by molar-refractivity contribution is -0.178. The van der Waals surface area contributed by atoms with Crippen molar-refractivity contribution in [3.05, 3.63) is 20.8 Å². The molecule has 14 heavy (non-hydrogen) atoms. The minimum Gasteiger partial charge on any atom is -0.294 e. The van der Waals surface area contributed by atoms with Gasteiger partial charge in [-0.15, -0.1) is 11.3 Å². The van der Waals surface area contributed by atoms with Gasteiger partial charge in [0.2, 0.25) is 0 Å². The molecule has 0 aromatic carbocycles. The second-order valence-electron chi connectivity index (χ2n) is 3.08. The van der Waals surface area contributed by atoms with Crippen LogP contribution in [-0.4, -0.2) is 25.2 Å². The summed E-state index contributed by atoms with van der Waals surface area (Å²) in [6.07, 6.45) is -4.23. The Labute approximate surface area is 92.7 Å². The summed E-state index contributed by atoms with van der Waals surface area (Å²) >= 11 is 4.25. The topological polar surface area (TPSA) is 3.24 Å². The smallest absolute Gasteiger partial charge is 0.294 e. The molecule has 0 amide bonds. The first-order valence-electron chi connectivity index (χ1n) is 3.79. The van der Waals surface area contributed by atoms with Crippen molar-refractivity contribution in [1.29, 1.82) is 0 Å². The van der Waals surface area contributed by atoms with Gasteiger partial charge < -0.3 is 0 Å². The Bertz CT molecular complexity index is 308. The van der Waals surface area contributed by atoms with Crippen LogP contribution in [0.5, 0.6) is 0 Å². The monoisotopic (exact) mass is 287 g/mol. The highest BCUT2D eigenvalue weighted by Crippen LogP contribution is 2.39. The van der Waals surface area contributed by atoms with Gasteiger partial charge >= 0.3 is 6.18 Å². The number of thiophene rings is 1. The second-order valence-corrected chi connectivity index (χ2v) is 4.93. The maximum atomic E-state index is 12.6. The highest BCUT2D eigenvalue weighted by atomic mass is 79.9. The Morgan fingerprint density at radius 2 is 2.00 bits per heavy atom. The quantitative estimate of drug-likeness (QED) is 0.802. The number of hydrogen-bond acceptors (Lipinski definition) is 2. The average Bonchev–Trinajstić information content (AvgIpc) is 2.31. The van der Waals surface area contributed by atoms with Crippen LogP contribution >= 0.6 is 27.3 Å². The molecule has 0 aliphatic rings. The van der Waals surface area contributed by atoms with Crippen molar-refractivity contribution in [2.45, 2.75) is 12.2 Å². The largest absolute Gasteiger partial charge is 0.408 e. The number of hydrogen-bond donors (Lipinski definition) is 0. The summed E-state index contributed by atoms with van der Waals surface area (Å²) in [7, 11) is 2.84. The molecule has 6 heteroatoms. The van der Waals surface area contributed by atoms with Gasteiger partial charge in [0.1, 0.15) is 6.04 Å². The van der Waals surface area contributed by atoms with Crippen LogP contribution in [-0.2, 0) is 0 Å². The SMILES string of the molecule is CN(C)C(c1cc(Br)cs1)C(F)(F)F. The molecule has 0 fully saturated rings. The van der Waals surface area contributed by atoms with Crippen molar-refractivity contribution in [2.24, 2.45) is 0 Å². The molecular formula is C8H9BrF3NS. The van der Waals surface area contributed by atoms with Crippen molar-refractivity contribution in [2.75, 3.05) is 14.1 Å². The third kappa shape index (κ3) is 2.71. The fraction of sp³-hybridized carbons (Fsp3) is 0.500. The van der Waals surface area contributed by atoms with Gasteiger partial charge in [-0.2, -0.15) is 13.2 Å². The van der Waals surface area contributed by atoms with E-state index in [1.807, 2.05) is 0 Å². The number of nitrogens with zero attached hydrogens (tertiary/aromatic N) is 1. The molecule has 1 unspecified atom stereocenters. The van der Waals surface area contributed by atoms with Crippen LogP contribution in [0.15, 0.2) is 15.9 Å². The van der Waals surface area contributed by atoms with E-state index in [2.05, 4.69) is 15.9 Å². The standard InChI is InChI=1S/C8H9BrF3NS/c1-13(2)7(8(10,11)12)6-3-5(9)4-14-6/h3-4,7H,1-2H3. The summed E-state index contributed by atoms with van der Waals surface area (Å²) in [6, 6.07) is -0.0122. The molecule has 1 rings (SSSR count). The maximum Gasteiger partial charge on any atom is 0.408 e. The molecule has 0 saturated carbocycles. The predicted octanol–water partition coefficient (Wildman–Crippen LogP) is 3.68. The van der Waals surface area contributed by atoms with Gasteiger partial charge in [-0.3, -0.25) is 4.90 Å². The Hall–Kier alpha value is -0.0700. The van der Waals surface area contributed by atoms with Crippen molar-refractivity contribution in [3.8, 4) is 0 Å². The number of halogens is 4. The van der Waals surface area contributed by atoms with E-state index in [0.29, 0.717) is 9.35 Å². The first kappa shape index (κ1) is 12.0. The maximum absolute atomic E-state index is 12.6. The van der Waals surface area contributed by atoms with E-state index in [1.165, 1.54) is 20.2 Å². The molecule has 1 heterocycles. The van der Waals surface area contributed by atoms with Gasteiger partial charge in [-0.05, 0) is 36.1 Å². The molecule has 0 radical (unpaired) electrons. The molecule has 80 valence electrons. The van der Waals surface area contributed by atoms with Gasteiger partial charge in [0, 0.05) is 14.7 Å². The predicted molar refractivity (Wildman–Crippen MR) is 54.5 cm³/mol. The minimum atomic E-state index is -4.23. The molecule has 1 aromatic heterocycles. The van der Waals surface area contributed by atoms with Crippen molar-refractivity contribution >= 4 is 27.3 Å². The Morgan fingerprint density at radius 1 is 1.43 bits per heavy atom. The zero-order valence-corrected chi connectivity index (χ0v) is 10.0. The molecule has 1 nitrogen and oxygen atoms in total. The van der Waals surface area contributed by atoms with Crippen molar-refractivity contribution in [1.82, 2.24) is 4.90 Å². The van der Waals surface area contributed by atoms with Gasteiger partial charge in [-0.1, -0.05) is 0 Å². The molecule has 0 aliphatic carbocycles. The van der Waals surface area contributed by atoms with E-state index in [1.54, 1.807) is 5.38 Å². The first-order chi connectivity index (χ1) is 6.32. The van der Waals surface area contributed by atoms with E-state index in [-0.39, 0.29) is 0 Å². The van der Waals surface area contributed by atoms with Crippen LogP contribution in [0.2, 0.25) is 0 Å². The lowest BCUT2D eigenvalue weighted by atomic mass is 10.2. The van der Waals surface area contributed by atoms with Gasteiger partial charge in [0.15, 0.2) is 0 Å². The minimum absolute atomic E-state index is 0.300. The van der Waals surface area contributed by atoms with E-state index >= 15 is 0 Å². The fourth-order valence-electron chi connectivity index (χ4n) is 1.18. The summed E-state index contributed by atoms with van der Waals surface area (Å²) in [5.74, 6) is 0. The molecule has 0 bridgehead atoms. The summed E-state index contributed by atoms with van der Waals surface area (Å²) in [5.41, 5.74) is 0. The van der Waals surface area contributed by atoms with E-state index in [9.17, 15) is 13.2 Å². The van der Waals surface area contributed by atoms with Crippen LogP contribution in [0.3, 0.4) is 0 Å².